The Kier molecular flexibility index (Phi) is 11.9. The Labute approximate surface area is 263 Å². The molecule has 0 unspecified atom stereocenters. The summed E-state index contributed by atoms with van der Waals surface area (Å²) >= 11 is 0. The van der Waals surface area contributed by atoms with Crippen molar-refractivity contribution in [3.05, 3.63) is 59.7 Å². The smallest absolute Gasteiger partial charge is 0.416 e. The normalized spacial score (nSPS) is 19.2. The van der Waals surface area contributed by atoms with E-state index in [4.69, 9.17) is 4.74 Å². The van der Waals surface area contributed by atoms with E-state index >= 15 is 0 Å². The molecule has 1 heterocycles. The lowest BCUT2D eigenvalue weighted by atomic mass is 9.95. The average Bonchev–Trinajstić information content (AvgIpc) is 3.01. The van der Waals surface area contributed by atoms with Crippen LogP contribution in [-0.2, 0) is 32.2 Å². The Morgan fingerprint density at radius 3 is 2.36 bits per heavy atom. The second-order valence-corrected chi connectivity index (χ2v) is 13.9. The van der Waals surface area contributed by atoms with E-state index in [0.29, 0.717) is 31.3 Å². The van der Waals surface area contributed by atoms with Crippen LogP contribution < -0.4 is 15.4 Å². The second-order valence-electron chi connectivity index (χ2n) is 12.1. The van der Waals surface area contributed by atoms with Crippen LogP contribution in [0.15, 0.2) is 53.4 Å². The van der Waals surface area contributed by atoms with Gasteiger partial charge < -0.3 is 20.3 Å². The predicted octanol–water partition coefficient (Wildman–Crippen LogP) is 4.37. The lowest BCUT2D eigenvalue weighted by molar-refractivity contribution is -0.137. The van der Waals surface area contributed by atoms with Crippen molar-refractivity contribution in [1.82, 2.24) is 19.8 Å². The third-order valence-corrected chi connectivity index (χ3v) is 10.2. The maximum absolute atomic E-state index is 13.7. The van der Waals surface area contributed by atoms with Gasteiger partial charge in [-0.2, -0.15) is 17.5 Å². The summed E-state index contributed by atoms with van der Waals surface area (Å²) in [5, 5.41) is 5.86. The monoisotopic (exact) mass is 652 g/mol. The molecule has 2 aliphatic rings. The maximum atomic E-state index is 13.7. The summed E-state index contributed by atoms with van der Waals surface area (Å²) in [4.78, 5) is 28.8. The topological polar surface area (TPSA) is 108 Å². The Morgan fingerprint density at radius 1 is 1.00 bits per heavy atom. The van der Waals surface area contributed by atoms with Crippen LogP contribution in [0.3, 0.4) is 0 Å². The fraction of sp³-hybridized carbons (Fsp3) is 0.562. The predicted molar refractivity (Wildman–Crippen MR) is 164 cm³/mol. The minimum absolute atomic E-state index is 0.00871. The summed E-state index contributed by atoms with van der Waals surface area (Å²) in [5.74, 6) is -0.340. The standard InChI is InChI=1S/C32H43F3N4O5S/c1-38(2)19-20-44-26-16-14-23(15-17-26)21-28(30(40)36-25-10-4-3-5-11-25)37-31(41)29-13-6-7-18-39(29)45(42,43)27-12-8-9-24(22-27)32(33,34)35/h8-9,12,14-17,22,25,28-29H,3-7,10-11,13,18-21H2,1-2H3,(H,36,40)(H,37,41)/t28-,29-/m0/s1. The van der Waals surface area contributed by atoms with Gasteiger partial charge in [-0.3, -0.25) is 9.59 Å². The minimum atomic E-state index is -4.72. The molecule has 0 radical (unpaired) electrons. The summed E-state index contributed by atoms with van der Waals surface area (Å²) in [6, 6.07) is 8.61. The summed E-state index contributed by atoms with van der Waals surface area (Å²) in [7, 11) is -0.538. The van der Waals surface area contributed by atoms with E-state index in [1.807, 2.05) is 31.1 Å². The SMILES string of the molecule is CN(C)CCOc1ccc(C[C@H](NC(=O)[C@@H]2CCCCN2S(=O)(=O)c2cccc(C(F)(F)F)c2)C(=O)NC2CCCCC2)cc1. The molecule has 45 heavy (non-hydrogen) atoms. The molecule has 2 aromatic rings. The van der Waals surface area contributed by atoms with Gasteiger partial charge in [-0.05, 0) is 75.7 Å². The van der Waals surface area contributed by atoms with Crippen LogP contribution in [0, 0.1) is 0 Å². The molecule has 0 aromatic heterocycles. The number of ether oxygens (including phenoxy) is 1. The van der Waals surface area contributed by atoms with E-state index in [9.17, 15) is 31.2 Å². The number of carbonyl (C=O) groups excluding carboxylic acids is 2. The first-order valence-electron chi connectivity index (χ1n) is 15.5. The number of nitrogens with zero attached hydrogens (tertiary/aromatic N) is 2. The number of benzene rings is 2. The van der Waals surface area contributed by atoms with E-state index in [1.54, 1.807) is 12.1 Å². The molecule has 2 fully saturated rings. The molecule has 1 saturated heterocycles. The van der Waals surface area contributed by atoms with Gasteiger partial charge in [0.05, 0.1) is 10.5 Å². The largest absolute Gasteiger partial charge is 0.492 e. The van der Waals surface area contributed by atoms with E-state index in [1.165, 1.54) is 0 Å². The van der Waals surface area contributed by atoms with Crippen molar-refractivity contribution in [3.8, 4) is 5.75 Å². The van der Waals surface area contributed by atoms with Gasteiger partial charge in [0.1, 0.15) is 24.4 Å². The molecule has 2 N–H and O–H groups in total. The van der Waals surface area contributed by atoms with Crippen LogP contribution in [0.2, 0.25) is 0 Å². The minimum Gasteiger partial charge on any atom is -0.492 e. The van der Waals surface area contributed by atoms with Crippen LogP contribution in [0.5, 0.6) is 5.75 Å². The molecule has 0 bridgehead atoms. The van der Waals surface area contributed by atoms with Crippen LogP contribution in [-0.4, -0.2) is 81.4 Å². The van der Waals surface area contributed by atoms with Crippen molar-refractivity contribution < 1.29 is 35.9 Å². The zero-order chi connectivity index (χ0) is 32.6. The van der Waals surface area contributed by atoms with Crippen LogP contribution in [0.25, 0.3) is 0 Å². The molecule has 1 saturated carbocycles. The first kappa shape index (κ1) is 34.7. The molecular weight excluding hydrogens is 609 g/mol. The number of piperidine rings is 1. The molecule has 1 aliphatic heterocycles. The number of carbonyl (C=O) groups is 2. The number of alkyl halides is 3. The fourth-order valence-electron chi connectivity index (χ4n) is 5.75. The number of halogens is 3. The van der Waals surface area contributed by atoms with Crippen molar-refractivity contribution in [2.45, 2.75) is 87.0 Å². The lowest BCUT2D eigenvalue weighted by Gasteiger charge is -2.35. The van der Waals surface area contributed by atoms with E-state index in [0.717, 1.165) is 66.7 Å². The number of rotatable bonds is 12. The number of nitrogens with one attached hydrogen (secondary N) is 2. The van der Waals surface area contributed by atoms with Gasteiger partial charge in [0.15, 0.2) is 0 Å². The third kappa shape index (κ3) is 9.67. The van der Waals surface area contributed by atoms with Gasteiger partial charge in [0.2, 0.25) is 21.8 Å². The number of sulfonamides is 1. The summed E-state index contributed by atoms with van der Waals surface area (Å²) in [6.45, 7) is 1.24. The lowest BCUT2D eigenvalue weighted by Crippen LogP contribution is -2.57. The number of hydrogen-bond donors (Lipinski definition) is 2. The number of likely N-dealkylation sites (N-methyl/N-ethyl adjacent to an activating group) is 1. The highest BCUT2D eigenvalue weighted by atomic mass is 32.2. The summed E-state index contributed by atoms with van der Waals surface area (Å²) in [5.41, 5.74) is -0.314. The maximum Gasteiger partial charge on any atom is 0.416 e. The molecule has 0 spiro atoms. The molecule has 13 heteroatoms. The third-order valence-electron chi connectivity index (χ3n) is 8.28. The van der Waals surface area contributed by atoms with Gasteiger partial charge in [-0.15, -0.1) is 0 Å². The van der Waals surface area contributed by atoms with Gasteiger partial charge in [0, 0.05) is 25.6 Å². The van der Waals surface area contributed by atoms with E-state index in [-0.39, 0.29) is 31.3 Å². The van der Waals surface area contributed by atoms with Crippen LogP contribution in [0.1, 0.15) is 62.5 Å². The van der Waals surface area contributed by atoms with Gasteiger partial charge in [0.25, 0.3) is 0 Å². The van der Waals surface area contributed by atoms with Gasteiger partial charge in [-0.25, -0.2) is 8.42 Å². The fourth-order valence-corrected chi connectivity index (χ4v) is 7.46. The first-order valence-corrected chi connectivity index (χ1v) is 16.9. The first-order chi connectivity index (χ1) is 21.3. The second kappa shape index (κ2) is 15.4. The molecule has 1 aliphatic carbocycles. The Bertz CT molecular complexity index is 1400. The highest BCUT2D eigenvalue weighted by Crippen LogP contribution is 2.32. The molecule has 2 atom stereocenters. The average molecular weight is 653 g/mol. The highest BCUT2D eigenvalue weighted by molar-refractivity contribution is 7.89. The number of hydrogen-bond acceptors (Lipinski definition) is 6. The molecular formula is C32H43F3N4O5S. The Morgan fingerprint density at radius 2 is 1.69 bits per heavy atom. The number of amides is 2. The molecule has 4 rings (SSSR count). The summed E-state index contributed by atoms with van der Waals surface area (Å²) < 4.78 is 74.0. The Hall–Kier alpha value is -3.16. The van der Waals surface area contributed by atoms with Gasteiger partial charge >= 0.3 is 6.18 Å². The van der Waals surface area contributed by atoms with Crippen molar-refractivity contribution >= 4 is 21.8 Å². The van der Waals surface area contributed by atoms with Crippen LogP contribution >= 0.6 is 0 Å². The molecule has 2 amide bonds. The molecule has 2 aromatic carbocycles. The van der Waals surface area contributed by atoms with Crippen molar-refractivity contribution in [1.29, 1.82) is 0 Å². The zero-order valence-electron chi connectivity index (χ0n) is 25.8. The molecule has 248 valence electrons. The van der Waals surface area contributed by atoms with Crippen molar-refractivity contribution in [2.75, 3.05) is 33.8 Å². The van der Waals surface area contributed by atoms with Crippen LogP contribution in [0.4, 0.5) is 13.2 Å². The van der Waals surface area contributed by atoms with Gasteiger partial charge in [-0.1, -0.05) is 43.9 Å². The van der Waals surface area contributed by atoms with Crippen molar-refractivity contribution in [3.63, 3.8) is 0 Å². The Balaban J connectivity index is 1.53. The molecule has 9 nitrogen and oxygen atoms in total. The quantitative estimate of drug-likeness (QED) is 0.353. The summed E-state index contributed by atoms with van der Waals surface area (Å²) in [6.07, 6.45) is 1.43. The van der Waals surface area contributed by atoms with Crippen molar-refractivity contribution in [2.24, 2.45) is 0 Å². The zero-order valence-corrected chi connectivity index (χ0v) is 26.6. The highest BCUT2D eigenvalue weighted by Gasteiger charge is 2.40. The van der Waals surface area contributed by atoms with E-state index < -0.39 is 44.6 Å². The van der Waals surface area contributed by atoms with E-state index in [2.05, 4.69) is 10.6 Å².